The molecule has 0 unspecified atom stereocenters. The average Bonchev–Trinajstić information content (AvgIpc) is 3.36. The lowest BCUT2D eigenvalue weighted by Crippen LogP contribution is -2.52. The number of ketones is 1. The number of carbonyl (C=O) groups excluding carboxylic acids is 4. The zero-order chi connectivity index (χ0) is 29.0. The molecule has 2 aromatic carbocycles. The number of para-hydroxylation sites is 1. The summed E-state index contributed by atoms with van der Waals surface area (Å²) in [7, 11) is 0. The van der Waals surface area contributed by atoms with Gasteiger partial charge >= 0.3 is 5.97 Å². The maximum absolute atomic E-state index is 13.2. The van der Waals surface area contributed by atoms with Gasteiger partial charge in [0.05, 0.1) is 23.2 Å². The van der Waals surface area contributed by atoms with Gasteiger partial charge in [0.2, 0.25) is 5.91 Å². The number of nitrogens with one attached hydrogen (secondary N) is 2. The topological polar surface area (TPSA) is 169 Å². The summed E-state index contributed by atoms with van der Waals surface area (Å²) in [6.07, 6.45) is -0.770. The van der Waals surface area contributed by atoms with Crippen molar-refractivity contribution >= 4 is 46.1 Å². The van der Waals surface area contributed by atoms with Crippen LogP contribution in [0.15, 0.2) is 54.7 Å². The van der Waals surface area contributed by atoms with E-state index in [-0.39, 0.29) is 30.2 Å². The van der Waals surface area contributed by atoms with Gasteiger partial charge in [0.25, 0.3) is 17.6 Å². The third kappa shape index (κ3) is 6.53. The van der Waals surface area contributed by atoms with E-state index in [2.05, 4.69) is 10.3 Å². The number of piperazine rings is 1. The van der Waals surface area contributed by atoms with Gasteiger partial charge in [0.1, 0.15) is 0 Å². The maximum Gasteiger partial charge on any atom is 0.333 e. The van der Waals surface area contributed by atoms with Crippen molar-refractivity contribution in [1.82, 2.24) is 14.8 Å². The predicted molar refractivity (Wildman–Crippen MR) is 144 cm³/mol. The molecule has 3 aromatic rings. The number of aliphatic carboxylic acids is 1. The van der Waals surface area contributed by atoms with E-state index in [0.717, 1.165) is 0 Å². The van der Waals surface area contributed by atoms with Gasteiger partial charge in [-0.25, -0.2) is 4.79 Å². The molecule has 4 rings (SSSR count). The molecule has 210 valence electrons. The first-order valence-corrected chi connectivity index (χ1v) is 12.7. The number of fused-ring (bicyclic) bond motifs is 1. The zero-order valence-corrected chi connectivity index (χ0v) is 22.0. The van der Waals surface area contributed by atoms with E-state index in [0.29, 0.717) is 29.6 Å². The van der Waals surface area contributed by atoms with Crippen LogP contribution in [0.25, 0.3) is 10.9 Å². The summed E-state index contributed by atoms with van der Waals surface area (Å²) in [5, 5.41) is 22.1. The second kappa shape index (κ2) is 11.7. The first-order chi connectivity index (χ1) is 18.9. The molecule has 1 aromatic heterocycles. The highest BCUT2D eigenvalue weighted by atomic mass is 16.6. The van der Waals surface area contributed by atoms with Crippen LogP contribution in [0.5, 0.6) is 0 Å². The number of carboxylic acids is 1. The SMILES string of the molecule is CC(C)(O)O[C@@H](CC(=O)Nc1cccc2c(C(=O)C(=O)N3CCN(C(=O)c4ccccc4)CC3)c[nH]c12)C(=O)O. The van der Waals surface area contributed by atoms with Crippen molar-refractivity contribution in [2.24, 2.45) is 0 Å². The Morgan fingerprint density at radius 1 is 0.975 bits per heavy atom. The molecule has 3 amide bonds. The second-order valence-corrected chi connectivity index (χ2v) is 9.85. The van der Waals surface area contributed by atoms with Crippen LogP contribution in [-0.2, 0) is 19.1 Å². The molecule has 1 aliphatic heterocycles. The number of hydrogen-bond acceptors (Lipinski definition) is 7. The quantitative estimate of drug-likeness (QED) is 0.178. The third-order valence-corrected chi connectivity index (χ3v) is 6.38. The number of ether oxygens (including phenoxy) is 1. The lowest BCUT2D eigenvalue weighted by atomic mass is 10.1. The zero-order valence-electron chi connectivity index (χ0n) is 22.0. The van der Waals surface area contributed by atoms with Crippen molar-refractivity contribution in [2.75, 3.05) is 31.5 Å². The number of nitrogens with zero attached hydrogens (tertiary/aromatic N) is 2. The highest BCUT2D eigenvalue weighted by Crippen LogP contribution is 2.27. The van der Waals surface area contributed by atoms with Gasteiger partial charge in [0, 0.05) is 43.3 Å². The number of aliphatic hydroxyl groups is 1. The summed E-state index contributed by atoms with van der Waals surface area (Å²) < 4.78 is 5.04. The molecule has 1 saturated heterocycles. The van der Waals surface area contributed by atoms with Crippen LogP contribution in [0.3, 0.4) is 0 Å². The standard InChI is InChI=1S/C28H30N4O8/c1-28(2,39)40-21(27(37)38)15-22(33)30-20-10-6-9-18-19(16-29-23(18)20)24(34)26(36)32-13-11-31(12-14-32)25(35)17-7-4-3-5-8-17/h3-10,16,21,29,39H,11-15H2,1-2H3,(H,30,33)(H,37,38)/t21-/m0/s1. The van der Waals surface area contributed by atoms with E-state index in [4.69, 9.17) is 4.74 Å². The van der Waals surface area contributed by atoms with Gasteiger partial charge in [-0.2, -0.15) is 0 Å². The maximum atomic E-state index is 13.2. The summed E-state index contributed by atoms with van der Waals surface area (Å²) >= 11 is 0. The molecule has 1 fully saturated rings. The number of hydrogen-bond donors (Lipinski definition) is 4. The summed E-state index contributed by atoms with van der Waals surface area (Å²) in [6, 6.07) is 13.6. The normalized spacial score (nSPS) is 14.6. The van der Waals surface area contributed by atoms with Crippen LogP contribution in [0.1, 0.15) is 41.0 Å². The lowest BCUT2D eigenvalue weighted by Gasteiger charge is -2.34. The fourth-order valence-corrected chi connectivity index (χ4v) is 4.48. The molecule has 0 spiro atoms. The molecule has 1 atom stereocenters. The van der Waals surface area contributed by atoms with E-state index in [1.807, 2.05) is 6.07 Å². The van der Waals surface area contributed by atoms with Crippen molar-refractivity contribution < 1.29 is 38.9 Å². The Balaban J connectivity index is 1.42. The number of anilines is 1. The Bertz CT molecular complexity index is 1440. The largest absolute Gasteiger partial charge is 0.479 e. The van der Waals surface area contributed by atoms with Gasteiger partial charge in [-0.1, -0.05) is 30.3 Å². The minimum absolute atomic E-state index is 0.118. The lowest BCUT2D eigenvalue weighted by molar-refractivity contribution is -0.215. The smallest absolute Gasteiger partial charge is 0.333 e. The highest BCUT2D eigenvalue weighted by molar-refractivity contribution is 6.45. The second-order valence-electron chi connectivity index (χ2n) is 9.85. The first-order valence-electron chi connectivity index (χ1n) is 12.7. The molecule has 0 aliphatic carbocycles. The van der Waals surface area contributed by atoms with Crippen molar-refractivity contribution in [3.8, 4) is 0 Å². The molecule has 12 heteroatoms. The van der Waals surface area contributed by atoms with Crippen LogP contribution < -0.4 is 5.32 Å². The fraction of sp³-hybridized carbons (Fsp3) is 0.321. The van der Waals surface area contributed by atoms with Crippen molar-refractivity contribution in [3.63, 3.8) is 0 Å². The van der Waals surface area contributed by atoms with E-state index in [1.54, 1.807) is 47.4 Å². The molecule has 0 bridgehead atoms. The number of rotatable bonds is 9. The molecule has 2 heterocycles. The molecule has 40 heavy (non-hydrogen) atoms. The monoisotopic (exact) mass is 550 g/mol. The number of Topliss-reactive ketones (excluding diaryl/α,β-unsaturated/α-hetero) is 1. The summed E-state index contributed by atoms with van der Waals surface area (Å²) in [4.78, 5) is 68.9. The van der Waals surface area contributed by atoms with Crippen LogP contribution >= 0.6 is 0 Å². The first kappa shape index (κ1) is 28.5. The van der Waals surface area contributed by atoms with Crippen molar-refractivity contribution in [3.05, 3.63) is 65.9 Å². The van der Waals surface area contributed by atoms with Gasteiger partial charge in [-0.3, -0.25) is 19.2 Å². The Morgan fingerprint density at radius 3 is 2.25 bits per heavy atom. The Kier molecular flexibility index (Phi) is 8.31. The average molecular weight is 551 g/mol. The molecule has 0 radical (unpaired) electrons. The van der Waals surface area contributed by atoms with Crippen molar-refractivity contribution in [1.29, 1.82) is 0 Å². The Hall–Kier alpha value is -4.55. The van der Waals surface area contributed by atoms with Crippen molar-refractivity contribution in [2.45, 2.75) is 32.2 Å². The number of carbonyl (C=O) groups is 5. The Morgan fingerprint density at radius 2 is 1.62 bits per heavy atom. The van der Waals surface area contributed by atoms with Gasteiger partial charge in [-0.15, -0.1) is 0 Å². The molecule has 12 nitrogen and oxygen atoms in total. The molecule has 1 aliphatic rings. The number of H-pyrrole nitrogens is 1. The third-order valence-electron chi connectivity index (χ3n) is 6.38. The number of aromatic amines is 1. The Labute approximate surface area is 229 Å². The summed E-state index contributed by atoms with van der Waals surface area (Å²) in [5.41, 5.74) is 1.32. The molecular formula is C28H30N4O8. The molecule has 4 N–H and O–H groups in total. The van der Waals surface area contributed by atoms with E-state index < -0.39 is 41.9 Å². The van der Waals surface area contributed by atoms with E-state index in [1.165, 1.54) is 24.9 Å². The minimum atomic E-state index is -1.76. The number of benzene rings is 2. The number of aromatic nitrogens is 1. The van der Waals surface area contributed by atoms with Crippen LogP contribution in [0, 0.1) is 0 Å². The van der Waals surface area contributed by atoms with Crippen LogP contribution in [0.4, 0.5) is 5.69 Å². The molecule has 0 saturated carbocycles. The van der Waals surface area contributed by atoms with Crippen LogP contribution in [-0.4, -0.2) is 92.5 Å². The summed E-state index contributed by atoms with van der Waals surface area (Å²) in [6.45, 7) is 3.53. The van der Waals surface area contributed by atoms with E-state index in [9.17, 15) is 34.2 Å². The highest BCUT2D eigenvalue weighted by Gasteiger charge is 2.31. The molecular weight excluding hydrogens is 520 g/mol. The predicted octanol–water partition coefficient (Wildman–Crippen LogP) is 1.86. The summed E-state index contributed by atoms with van der Waals surface area (Å²) in [5.74, 6) is -5.42. The van der Waals surface area contributed by atoms with Gasteiger partial charge in [-0.05, 0) is 32.0 Å². The fourth-order valence-electron chi connectivity index (χ4n) is 4.48. The van der Waals surface area contributed by atoms with Gasteiger partial charge in [0.15, 0.2) is 11.9 Å². The minimum Gasteiger partial charge on any atom is -0.479 e. The van der Waals surface area contributed by atoms with Gasteiger partial charge < -0.3 is 35.1 Å². The van der Waals surface area contributed by atoms with E-state index >= 15 is 0 Å². The number of amides is 3. The number of carboxylic acid groups (broad SMARTS) is 1. The van der Waals surface area contributed by atoms with Crippen LogP contribution in [0.2, 0.25) is 0 Å².